The first-order chi connectivity index (χ1) is 14.7. The van der Waals surface area contributed by atoms with E-state index in [0.29, 0.717) is 21.8 Å². The Hall–Kier alpha value is -3.76. The van der Waals surface area contributed by atoms with Crippen molar-refractivity contribution in [2.24, 2.45) is 0 Å². The van der Waals surface area contributed by atoms with Crippen LogP contribution in [0.3, 0.4) is 0 Å². The molecule has 0 aliphatic rings. The molecule has 4 rings (SSSR count). The van der Waals surface area contributed by atoms with Crippen molar-refractivity contribution in [3.05, 3.63) is 118 Å². The number of ether oxygens (including phenoxy) is 1. The summed E-state index contributed by atoms with van der Waals surface area (Å²) in [5.41, 5.74) is 3.42. The van der Waals surface area contributed by atoms with E-state index >= 15 is 0 Å². The Bertz CT molecular complexity index is 1170. The van der Waals surface area contributed by atoms with Crippen molar-refractivity contribution in [3.8, 4) is 16.9 Å². The molecule has 0 unspecified atom stereocenters. The highest BCUT2D eigenvalue weighted by Gasteiger charge is 2.11. The van der Waals surface area contributed by atoms with Crippen LogP contribution in [0.1, 0.15) is 25.6 Å². The zero-order chi connectivity index (χ0) is 20.8. The summed E-state index contributed by atoms with van der Waals surface area (Å²) in [4.78, 5) is 25.4. The monoisotopic (exact) mass is 410 g/mol. The molecule has 1 heterocycles. The third-order valence-corrected chi connectivity index (χ3v) is 5.38. The standard InChI is InChI=1S/C26H18O3S/c27-23(21-14-12-20(13-15-21)19-7-2-1-3-8-19)17-16-22-9-4-5-10-24(22)29-26(28)25-11-6-18-30-25/h1-18H. The first-order valence-electron chi connectivity index (χ1n) is 9.43. The van der Waals surface area contributed by atoms with Gasteiger partial charge in [-0.25, -0.2) is 4.79 Å². The summed E-state index contributed by atoms with van der Waals surface area (Å²) in [6, 6.07) is 28.2. The predicted octanol–water partition coefficient (Wildman–Crippen LogP) is 6.53. The molecule has 0 saturated heterocycles. The van der Waals surface area contributed by atoms with Crippen LogP contribution in [-0.4, -0.2) is 11.8 Å². The Morgan fingerprint density at radius 1 is 0.733 bits per heavy atom. The van der Waals surface area contributed by atoms with Gasteiger partial charge in [-0.2, -0.15) is 0 Å². The van der Waals surface area contributed by atoms with Crippen molar-refractivity contribution in [2.45, 2.75) is 0 Å². The van der Waals surface area contributed by atoms with Gasteiger partial charge in [0.2, 0.25) is 0 Å². The van der Waals surface area contributed by atoms with Crippen LogP contribution in [0.5, 0.6) is 5.75 Å². The van der Waals surface area contributed by atoms with Gasteiger partial charge in [0, 0.05) is 11.1 Å². The van der Waals surface area contributed by atoms with E-state index in [2.05, 4.69) is 0 Å². The van der Waals surface area contributed by atoms with E-state index in [1.54, 1.807) is 36.4 Å². The van der Waals surface area contributed by atoms with Crippen LogP contribution >= 0.6 is 11.3 Å². The minimum atomic E-state index is -0.409. The van der Waals surface area contributed by atoms with Crippen LogP contribution in [0.25, 0.3) is 17.2 Å². The first-order valence-corrected chi connectivity index (χ1v) is 10.3. The van der Waals surface area contributed by atoms with Crippen LogP contribution in [0.2, 0.25) is 0 Å². The van der Waals surface area contributed by atoms with Gasteiger partial charge in [-0.15, -0.1) is 11.3 Å². The highest BCUT2D eigenvalue weighted by Crippen LogP contribution is 2.23. The Morgan fingerprint density at radius 2 is 1.43 bits per heavy atom. The molecule has 0 amide bonds. The summed E-state index contributed by atoms with van der Waals surface area (Å²) in [5, 5.41) is 1.82. The molecular weight excluding hydrogens is 392 g/mol. The minimum Gasteiger partial charge on any atom is -0.422 e. The maximum atomic E-state index is 12.6. The number of ketones is 1. The van der Waals surface area contributed by atoms with Crippen molar-refractivity contribution >= 4 is 29.2 Å². The van der Waals surface area contributed by atoms with Crippen molar-refractivity contribution in [1.29, 1.82) is 0 Å². The topological polar surface area (TPSA) is 43.4 Å². The molecule has 0 aliphatic heterocycles. The number of esters is 1. The van der Waals surface area contributed by atoms with Gasteiger partial charge >= 0.3 is 5.97 Å². The lowest BCUT2D eigenvalue weighted by Crippen LogP contribution is -2.07. The van der Waals surface area contributed by atoms with E-state index in [1.807, 2.05) is 66.0 Å². The summed E-state index contributed by atoms with van der Waals surface area (Å²) in [6.45, 7) is 0. The summed E-state index contributed by atoms with van der Waals surface area (Å²) in [7, 11) is 0. The van der Waals surface area contributed by atoms with E-state index in [0.717, 1.165) is 11.1 Å². The van der Waals surface area contributed by atoms with E-state index in [9.17, 15) is 9.59 Å². The Morgan fingerprint density at radius 3 is 2.17 bits per heavy atom. The fourth-order valence-electron chi connectivity index (χ4n) is 2.98. The van der Waals surface area contributed by atoms with E-state index in [1.165, 1.54) is 17.4 Å². The molecule has 4 heteroatoms. The van der Waals surface area contributed by atoms with Gasteiger partial charge in [0.15, 0.2) is 5.78 Å². The quantitative estimate of drug-likeness (QED) is 0.157. The van der Waals surface area contributed by atoms with Gasteiger partial charge < -0.3 is 4.74 Å². The molecule has 0 bridgehead atoms. The SMILES string of the molecule is O=C(C=Cc1ccccc1OC(=O)c1cccs1)c1ccc(-c2ccccc2)cc1. The summed E-state index contributed by atoms with van der Waals surface area (Å²) in [5.74, 6) is -0.109. The molecule has 146 valence electrons. The second kappa shape index (κ2) is 9.16. The Kier molecular flexibility index (Phi) is 5.97. The second-order valence-electron chi connectivity index (χ2n) is 6.55. The fourth-order valence-corrected chi connectivity index (χ4v) is 3.57. The molecule has 0 N–H and O–H groups in total. The maximum absolute atomic E-state index is 12.6. The smallest absolute Gasteiger partial charge is 0.353 e. The van der Waals surface area contributed by atoms with Crippen LogP contribution in [-0.2, 0) is 0 Å². The number of hydrogen-bond donors (Lipinski definition) is 0. The van der Waals surface area contributed by atoms with Crippen molar-refractivity contribution in [1.82, 2.24) is 0 Å². The fraction of sp³-hybridized carbons (Fsp3) is 0. The van der Waals surface area contributed by atoms with Crippen LogP contribution in [0.15, 0.2) is 102 Å². The second-order valence-corrected chi connectivity index (χ2v) is 7.49. The summed E-state index contributed by atoms with van der Waals surface area (Å²) in [6.07, 6.45) is 3.17. The predicted molar refractivity (Wildman–Crippen MR) is 121 cm³/mol. The zero-order valence-electron chi connectivity index (χ0n) is 16.0. The maximum Gasteiger partial charge on any atom is 0.353 e. The van der Waals surface area contributed by atoms with Crippen LogP contribution in [0, 0.1) is 0 Å². The third-order valence-electron chi connectivity index (χ3n) is 4.53. The highest BCUT2D eigenvalue weighted by atomic mass is 32.1. The molecule has 0 spiro atoms. The normalized spacial score (nSPS) is 10.8. The molecule has 0 radical (unpaired) electrons. The van der Waals surface area contributed by atoms with Crippen LogP contribution in [0.4, 0.5) is 0 Å². The zero-order valence-corrected chi connectivity index (χ0v) is 16.8. The number of allylic oxidation sites excluding steroid dienone is 1. The largest absolute Gasteiger partial charge is 0.422 e. The number of hydrogen-bond acceptors (Lipinski definition) is 4. The van der Waals surface area contributed by atoms with E-state index < -0.39 is 5.97 Å². The van der Waals surface area contributed by atoms with Crippen LogP contribution < -0.4 is 4.74 Å². The van der Waals surface area contributed by atoms with Crippen molar-refractivity contribution in [3.63, 3.8) is 0 Å². The Balaban J connectivity index is 1.48. The average molecular weight is 410 g/mol. The molecule has 30 heavy (non-hydrogen) atoms. The van der Waals surface area contributed by atoms with Gasteiger partial charge in [0.05, 0.1) is 0 Å². The molecule has 4 aromatic rings. The molecule has 3 aromatic carbocycles. The highest BCUT2D eigenvalue weighted by molar-refractivity contribution is 7.12. The molecule has 0 aliphatic carbocycles. The van der Waals surface area contributed by atoms with Gasteiger partial charge in [0.1, 0.15) is 10.6 Å². The molecule has 1 aromatic heterocycles. The van der Waals surface area contributed by atoms with E-state index in [-0.39, 0.29) is 5.78 Å². The Labute approximate surface area is 178 Å². The lowest BCUT2D eigenvalue weighted by Gasteiger charge is -2.06. The lowest BCUT2D eigenvalue weighted by molar-refractivity contribution is 0.0739. The van der Waals surface area contributed by atoms with Crippen molar-refractivity contribution < 1.29 is 14.3 Å². The van der Waals surface area contributed by atoms with E-state index in [4.69, 9.17) is 4.74 Å². The molecule has 0 saturated carbocycles. The first kappa shape index (κ1) is 19.6. The molecule has 0 fully saturated rings. The molecule has 0 atom stereocenters. The molecular formula is C26H18O3S. The summed E-state index contributed by atoms with van der Waals surface area (Å²) < 4.78 is 5.50. The number of rotatable bonds is 6. The number of carbonyl (C=O) groups is 2. The molecule has 3 nitrogen and oxygen atoms in total. The number of para-hydroxylation sites is 1. The van der Waals surface area contributed by atoms with Crippen molar-refractivity contribution in [2.75, 3.05) is 0 Å². The van der Waals surface area contributed by atoms with Gasteiger partial charge in [-0.1, -0.05) is 78.9 Å². The number of benzene rings is 3. The van der Waals surface area contributed by atoms with Gasteiger partial charge in [-0.05, 0) is 40.8 Å². The van der Waals surface area contributed by atoms with Gasteiger partial charge in [0.25, 0.3) is 0 Å². The third kappa shape index (κ3) is 4.62. The number of carbonyl (C=O) groups excluding carboxylic acids is 2. The lowest BCUT2D eigenvalue weighted by atomic mass is 10.0. The number of thiophene rings is 1. The average Bonchev–Trinajstić information content (AvgIpc) is 3.34. The minimum absolute atomic E-state index is 0.117. The summed E-state index contributed by atoms with van der Waals surface area (Å²) >= 11 is 1.32. The van der Waals surface area contributed by atoms with Gasteiger partial charge in [-0.3, -0.25) is 4.79 Å².